The quantitative estimate of drug-likeness (QED) is 0.123. The Hall–Kier alpha value is -5.21. The van der Waals surface area contributed by atoms with Crippen LogP contribution < -0.4 is 5.56 Å². The van der Waals surface area contributed by atoms with Crippen molar-refractivity contribution in [2.45, 2.75) is 63.8 Å². The van der Waals surface area contributed by atoms with Crippen LogP contribution in [0.4, 0.5) is 22.0 Å². The van der Waals surface area contributed by atoms with E-state index in [1.54, 1.807) is 26.4 Å². The molecule has 1 aliphatic rings. The molecule has 1 atom stereocenters. The van der Waals surface area contributed by atoms with Crippen molar-refractivity contribution >= 4 is 5.91 Å². The van der Waals surface area contributed by atoms with Gasteiger partial charge in [0.2, 0.25) is 5.91 Å². The summed E-state index contributed by atoms with van der Waals surface area (Å²) in [7, 11) is 1.66. The summed E-state index contributed by atoms with van der Waals surface area (Å²) in [5.74, 6) is -2.14. The molecule has 1 aliphatic heterocycles. The van der Waals surface area contributed by atoms with Gasteiger partial charge in [0.1, 0.15) is 0 Å². The van der Waals surface area contributed by atoms with Gasteiger partial charge in [-0.1, -0.05) is 48.5 Å². The highest BCUT2D eigenvalue weighted by Crippen LogP contribution is 2.31. The zero-order valence-corrected chi connectivity index (χ0v) is 30.7. The highest BCUT2D eigenvalue weighted by molar-refractivity contribution is 5.79. The number of amides is 1. The summed E-state index contributed by atoms with van der Waals surface area (Å²) in [6, 6.07) is 17.1. The van der Waals surface area contributed by atoms with Gasteiger partial charge in [-0.2, -0.15) is 23.4 Å². The van der Waals surface area contributed by atoms with E-state index in [9.17, 15) is 31.5 Å². The number of piperidine rings is 1. The first-order chi connectivity index (χ1) is 26.4. The number of carbonyl (C=O) groups is 1. The van der Waals surface area contributed by atoms with Gasteiger partial charge in [0.25, 0.3) is 5.56 Å². The van der Waals surface area contributed by atoms with Crippen molar-refractivity contribution in [3.8, 4) is 11.1 Å². The van der Waals surface area contributed by atoms with Crippen LogP contribution in [0.25, 0.3) is 11.1 Å². The molecule has 1 N–H and O–H groups in total. The number of hydrogen-bond donors (Lipinski definition) is 1. The summed E-state index contributed by atoms with van der Waals surface area (Å²) in [6.45, 7) is 4.97. The Bertz CT molecular complexity index is 2100. The first-order valence-corrected chi connectivity index (χ1v) is 18.2. The van der Waals surface area contributed by atoms with Gasteiger partial charge in [0, 0.05) is 57.2 Å². The molecule has 55 heavy (non-hydrogen) atoms. The van der Waals surface area contributed by atoms with Crippen molar-refractivity contribution in [3.05, 3.63) is 141 Å². The minimum atomic E-state index is -4.43. The van der Waals surface area contributed by atoms with Crippen LogP contribution in [-0.2, 0) is 41.5 Å². The lowest BCUT2D eigenvalue weighted by Gasteiger charge is -2.39. The summed E-state index contributed by atoms with van der Waals surface area (Å²) in [6.07, 6.45) is 0.347. The summed E-state index contributed by atoms with van der Waals surface area (Å²) in [5, 5.41) is 11.5. The molecule has 0 radical (unpaired) electrons. The molecule has 6 rings (SSSR count). The van der Waals surface area contributed by atoms with Gasteiger partial charge >= 0.3 is 6.18 Å². The van der Waals surface area contributed by atoms with Crippen LogP contribution in [0.2, 0.25) is 0 Å². The summed E-state index contributed by atoms with van der Waals surface area (Å²) < 4.78 is 74.6. The first-order valence-electron chi connectivity index (χ1n) is 18.2. The fourth-order valence-electron chi connectivity index (χ4n) is 7.02. The Morgan fingerprint density at radius 1 is 0.982 bits per heavy atom. The number of nitrogens with zero attached hydrogens (tertiary/aromatic N) is 5. The molecule has 1 unspecified atom stereocenters. The van der Waals surface area contributed by atoms with Gasteiger partial charge in [0.15, 0.2) is 11.6 Å². The van der Waals surface area contributed by atoms with Gasteiger partial charge in [-0.15, -0.1) is 0 Å². The number of likely N-dealkylation sites (tertiary alicyclic amines) is 1. The Balaban J connectivity index is 1.29. The molecule has 0 bridgehead atoms. The third-order valence-electron chi connectivity index (χ3n) is 10.3. The number of aryl methyl sites for hydroxylation is 2. The van der Waals surface area contributed by atoms with Gasteiger partial charge in [0.05, 0.1) is 36.5 Å². The molecular formula is C41H43F5N6O3. The highest BCUT2D eigenvalue weighted by atomic mass is 19.4. The molecule has 0 saturated carbocycles. The molecule has 14 heteroatoms. The topological polar surface area (TPSA) is 96.3 Å². The number of aromatic amines is 1. The maximum Gasteiger partial charge on any atom is 0.416 e. The molecule has 3 heterocycles. The second kappa shape index (κ2) is 17.5. The molecule has 1 saturated heterocycles. The zero-order valence-electron chi connectivity index (χ0n) is 30.7. The van der Waals surface area contributed by atoms with E-state index in [-0.39, 0.29) is 43.3 Å². The number of rotatable bonds is 14. The lowest BCUT2D eigenvalue weighted by atomic mass is 9.98. The number of nitrogens with one attached hydrogen (secondary N) is 1. The van der Waals surface area contributed by atoms with Crippen LogP contribution in [0.3, 0.4) is 0 Å². The number of methoxy groups -OCH3 is 1. The SMILES string of the molecule is COCCN1CCC(N(Cc2ccc(-c3ccc(C(F)(F)F)cc3)cc2)C(=O)Cc2nn(C(C)c3cn[nH]c3)c(=O)cc2CCc2cccc(F)c2F)CC1. The number of aromatic nitrogens is 4. The Morgan fingerprint density at radius 3 is 2.29 bits per heavy atom. The molecule has 290 valence electrons. The summed E-state index contributed by atoms with van der Waals surface area (Å²) >= 11 is 0. The van der Waals surface area contributed by atoms with E-state index in [2.05, 4.69) is 15.1 Å². The summed E-state index contributed by atoms with van der Waals surface area (Å²) in [4.78, 5) is 32.1. The summed E-state index contributed by atoms with van der Waals surface area (Å²) in [5.41, 5.74) is 2.75. The van der Waals surface area contributed by atoms with Gasteiger partial charge in [-0.05, 0) is 78.6 Å². The minimum absolute atomic E-state index is 0.0854. The van der Waals surface area contributed by atoms with Crippen molar-refractivity contribution < 1.29 is 31.5 Å². The highest BCUT2D eigenvalue weighted by Gasteiger charge is 2.31. The van der Waals surface area contributed by atoms with E-state index in [0.717, 1.165) is 61.8 Å². The Morgan fingerprint density at radius 2 is 1.65 bits per heavy atom. The Labute approximate surface area is 315 Å². The maximum absolute atomic E-state index is 14.6. The lowest BCUT2D eigenvalue weighted by Crippen LogP contribution is -2.48. The van der Waals surface area contributed by atoms with Gasteiger partial charge in [-0.25, -0.2) is 13.5 Å². The van der Waals surface area contributed by atoms with E-state index in [1.165, 1.54) is 35.0 Å². The molecular weight excluding hydrogens is 719 g/mol. The second-order valence-corrected chi connectivity index (χ2v) is 13.9. The average Bonchev–Trinajstić information content (AvgIpc) is 3.73. The minimum Gasteiger partial charge on any atom is -0.383 e. The fourth-order valence-corrected chi connectivity index (χ4v) is 7.02. The largest absolute Gasteiger partial charge is 0.416 e. The molecule has 0 spiro atoms. The van der Waals surface area contributed by atoms with Crippen molar-refractivity contribution in [3.63, 3.8) is 0 Å². The van der Waals surface area contributed by atoms with Crippen LogP contribution in [0.1, 0.15) is 59.3 Å². The van der Waals surface area contributed by atoms with Crippen LogP contribution in [0.5, 0.6) is 0 Å². The molecule has 3 aromatic carbocycles. The van der Waals surface area contributed by atoms with Crippen LogP contribution >= 0.6 is 0 Å². The van der Waals surface area contributed by atoms with Crippen LogP contribution in [0.15, 0.2) is 90.0 Å². The second-order valence-electron chi connectivity index (χ2n) is 13.9. The number of ether oxygens (including phenoxy) is 1. The number of alkyl halides is 3. The van der Waals surface area contributed by atoms with E-state index in [0.29, 0.717) is 29.0 Å². The number of halogens is 5. The molecule has 9 nitrogen and oxygen atoms in total. The molecule has 1 fully saturated rings. The molecule has 1 amide bonds. The lowest BCUT2D eigenvalue weighted by molar-refractivity contribution is -0.137. The van der Waals surface area contributed by atoms with Crippen molar-refractivity contribution in [2.75, 3.05) is 33.4 Å². The van der Waals surface area contributed by atoms with Gasteiger partial charge < -0.3 is 14.5 Å². The fraction of sp³-hybridized carbons (Fsp3) is 0.366. The smallest absolute Gasteiger partial charge is 0.383 e. The monoisotopic (exact) mass is 762 g/mol. The van der Waals surface area contributed by atoms with E-state index >= 15 is 0 Å². The van der Waals surface area contributed by atoms with Crippen molar-refractivity contribution in [1.82, 2.24) is 29.8 Å². The molecule has 5 aromatic rings. The first kappa shape index (κ1) is 39.5. The standard InChI is InChI=1S/C41H43F5N6O3/c1-27(33-24-47-48-25-33)52-39(54)22-32(11-10-31-4-3-5-36(42)40(31)43)37(49-52)23-38(53)51(35-16-18-50(19-17-35)20-21-55-2)26-28-6-8-29(9-7-28)30-12-14-34(15-13-30)41(44,45)46/h3-9,12-15,22,24-25,27,35H,10-11,16-21,23,26H2,1-2H3,(H,47,48). The van der Waals surface area contributed by atoms with Crippen molar-refractivity contribution in [2.24, 2.45) is 0 Å². The van der Waals surface area contributed by atoms with Crippen molar-refractivity contribution in [1.29, 1.82) is 0 Å². The third kappa shape index (κ3) is 9.73. The van der Waals surface area contributed by atoms with E-state index < -0.39 is 35.0 Å². The molecule has 2 aromatic heterocycles. The average molecular weight is 763 g/mol. The van der Waals surface area contributed by atoms with E-state index in [1.807, 2.05) is 29.2 Å². The molecule has 0 aliphatic carbocycles. The number of benzene rings is 3. The zero-order chi connectivity index (χ0) is 39.1. The van der Waals surface area contributed by atoms with Crippen LogP contribution in [-0.4, -0.2) is 75.1 Å². The van der Waals surface area contributed by atoms with Crippen LogP contribution in [0, 0.1) is 11.6 Å². The van der Waals surface area contributed by atoms with Gasteiger partial charge in [-0.3, -0.25) is 14.7 Å². The Kier molecular flexibility index (Phi) is 12.6. The predicted octanol–water partition coefficient (Wildman–Crippen LogP) is 7.01. The normalized spacial score (nSPS) is 14.6. The number of carbonyl (C=O) groups excluding carboxylic acids is 1. The maximum atomic E-state index is 14.6. The third-order valence-corrected chi connectivity index (χ3v) is 10.3. The van der Waals surface area contributed by atoms with E-state index in [4.69, 9.17) is 9.84 Å². The number of hydrogen-bond acceptors (Lipinski definition) is 6. The number of H-pyrrole nitrogens is 1. The predicted molar refractivity (Wildman–Crippen MR) is 197 cm³/mol.